The molecule has 0 atom stereocenters. The highest BCUT2D eigenvalue weighted by molar-refractivity contribution is 6.12. The van der Waals surface area contributed by atoms with E-state index in [4.69, 9.17) is 0 Å². The summed E-state index contributed by atoms with van der Waals surface area (Å²) in [6.07, 6.45) is 8.45. The van der Waals surface area contributed by atoms with Crippen molar-refractivity contribution in [3.8, 4) is 6.07 Å². The van der Waals surface area contributed by atoms with E-state index < -0.39 is 0 Å². The number of ketones is 1. The summed E-state index contributed by atoms with van der Waals surface area (Å²) in [5.41, 5.74) is 6.22. The molecule has 4 rings (SSSR count). The largest absolute Gasteiger partial charge is 0.347 e. The fourth-order valence-electron chi connectivity index (χ4n) is 5.50. The van der Waals surface area contributed by atoms with Gasteiger partial charge in [-0.25, -0.2) is 0 Å². The van der Waals surface area contributed by atoms with Gasteiger partial charge in [0, 0.05) is 46.8 Å². The van der Waals surface area contributed by atoms with Crippen LogP contribution in [0.25, 0.3) is 0 Å². The molecule has 160 valence electrons. The van der Waals surface area contributed by atoms with Crippen molar-refractivity contribution < 1.29 is 4.79 Å². The van der Waals surface area contributed by atoms with Crippen molar-refractivity contribution in [2.75, 3.05) is 11.9 Å². The van der Waals surface area contributed by atoms with Crippen LogP contribution in [0.1, 0.15) is 72.9 Å². The maximum absolute atomic E-state index is 13.3. The molecule has 2 aromatic rings. The molecule has 1 aromatic heterocycles. The van der Waals surface area contributed by atoms with Crippen molar-refractivity contribution in [1.82, 2.24) is 4.57 Å². The van der Waals surface area contributed by atoms with Crippen LogP contribution in [0.5, 0.6) is 0 Å². The van der Waals surface area contributed by atoms with E-state index >= 15 is 0 Å². The molecular formula is C27H31N3O. The third-order valence-corrected chi connectivity index (χ3v) is 7.13. The Morgan fingerprint density at radius 1 is 1.19 bits per heavy atom. The van der Waals surface area contributed by atoms with Crippen molar-refractivity contribution in [3.05, 3.63) is 76.3 Å². The Labute approximate surface area is 185 Å². The zero-order chi connectivity index (χ0) is 22.3. The molecule has 0 saturated heterocycles. The topological polar surface area (TPSA) is 49.0 Å². The van der Waals surface area contributed by atoms with Gasteiger partial charge in [-0.2, -0.15) is 5.26 Å². The lowest BCUT2D eigenvalue weighted by Crippen LogP contribution is -2.22. The van der Waals surface area contributed by atoms with E-state index in [9.17, 15) is 10.1 Å². The van der Waals surface area contributed by atoms with Gasteiger partial charge in [-0.3, -0.25) is 4.79 Å². The van der Waals surface area contributed by atoms with Gasteiger partial charge in [0.05, 0.1) is 0 Å². The number of benzene rings is 1. The van der Waals surface area contributed by atoms with Crippen LogP contribution < -0.4 is 4.90 Å². The molecule has 2 aliphatic rings. The Morgan fingerprint density at radius 3 is 2.52 bits per heavy atom. The minimum Gasteiger partial charge on any atom is -0.347 e. The van der Waals surface area contributed by atoms with Gasteiger partial charge in [0.2, 0.25) is 5.78 Å². The number of fused-ring (bicyclic) bond motifs is 1. The summed E-state index contributed by atoms with van der Waals surface area (Å²) in [7, 11) is 2.04. The van der Waals surface area contributed by atoms with Gasteiger partial charge in [-0.1, -0.05) is 44.9 Å². The molecule has 0 N–H and O–H groups in total. The van der Waals surface area contributed by atoms with Crippen molar-refractivity contribution in [2.24, 2.45) is 0 Å². The number of anilines is 1. The lowest BCUT2D eigenvalue weighted by molar-refractivity contribution is 0.103. The number of allylic oxidation sites excluding steroid dienone is 4. The van der Waals surface area contributed by atoms with Gasteiger partial charge in [0.1, 0.15) is 11.6 Å². The molecule has 0 radical (unpaired) electrons. The number of rotatable bonds is 4. The van der Waals surface area contributed by atoms with Gasteiger partial charge in [-0.05, 0) is 56.5 Å². The summed E-state index contributed by atoms with van der Waals surface area (Å²) in [5.74, 6) is -0.187. The van der Waals surface area contributed by atoms with Crippen LogP contribution in [0.2, 0.25) is 0 Å². The number of carbonyl (C=O) groups excluding carboxylic acids is 1. The van der Waals surface area contributed by atoms with Crippen LogP contribution in [-0.2, 0) is 5.41 Å². The number of aromatic nitrogens is 1. The highest BCUT2D eigenvalue weighted by Gasteiger charge is 2.37. The second kappa shape index (κ2) is 7.89. The average molecular weight is 414 g/mol. The zero-order valence-corrected chi connectivity index (χ0v) is 19.2. The third kappa shape index (κ3) is 3.43. The predicted octanol–water partition coefficient (Wildman–Crippen LogP) is 6.16. The highest BCUT2D eigenvalue weighted by atomic mass is 16.1. The number of para-hydroxylation sites is 1. The Bertz CT molecular complexity index is 1130. The highest BCUT2D eigenvalue weighted by Crippen LogP contribution is 2.46. The Balaban J connectivity index is 1.68. The number of aryl methyl sites for hydroxylation is 1. The summed E-state index contributed by atoms with van der Waals surface area (Å²) in [5, 5.41) is 9.79. The second-order valence-corrected chi connectivity index (χ2v) is 9.37. The average Bonchev–Trinajstić information content (AvgIpc) is 3.41. The standard InChI is InChI=1S/C27H31N3O/c1-18-16-22(19(2)30(18)21-10-6-7-11-21)26(31)20(17-28)14-15-25-27(3,4)23-12-8-9-13-24(23)29(25)5/h8-9,12-16,21H,6-7,10-11H2,1-5H3/b20-14+,25-15+. The van der Waals surface area contributed by atoms with Gasteiger partial charge in [-0.15, -0.1) is 0 Å². The van der Waals surface area contributed by atoms with Crippen molar-refractivity contribution in [1.29, 1.82) is 5.26 Å². The first-order chi connectivity index (χ1) is 14.8. The van der Waals surface area contributed by atoms with Crippen LogP contribution >= 0.6 is 0 Å². The molecule has 4 nitrogen and oxygen atoms in total. The molecule has 4 heteroatoms. The molecule has 2 heterocycles. The molecule has 0 bridgehead atoms. The number of likely N-dealkylation sites (N-methyl/N-ethyl adjacent to an activating group) is 1. The van der Waals surface area contributed by atoms with E-state index in [1.807, 2.05) is 32.2 Å². The first-order valence-corrected chi connectivity index (χ1v) is 11.2. The quantitative estimate of drug-likeness (QED) is 0.342. The molecule has 1 aliphatic heterocycles. The fourth-order valence-corrected chi connectivity index (χ4v) is 5.50. The number of nitriles is 1. The summed E-state index contributed by atoms with van der Waals surface area (Å²) < 4.78 is 2.30. The molecule has 1 aromatic carbocycles. The van der Waals surface area contributed by atoms with E-state index in [1.165, 1.54) is 31.2 Å². The van der Waals surface area contributed by atoms with Gasteiger partial charge in [0.15, 0.2) is 0 Å². The Hall–Kier alpha value is -3.06. The van der Waals surface area contributed by atoms with Crippen molar-refractivity contribution in [3.63, 3.8) is 0 Å². The van der Waals surface area contributed by atoms with Gasteiger partial charge < -0.3 is 9.47 Å². The van der Waals surface area contributed by atoms with E-state index in [2.05, 4.69) is 54.5 Å². The summed E-state index contributed by atoms with van der Waals surface area (Å²) >= 11 is 0. The summed E-state index contributed by atoms with van der Waals surface area (Å²) in [6, 6.07) is 12.9. The van der Waals surface area contributed by atoms with Crippen LogP contribution in [0, 0.1) is 25.2 Å². The Morgan fingerprint density at radius 2 is 1.87 bits per heavy atom. The third-order valence-electron chi connectivity index (χ3n) is 7.13. The molecule has 31 heavy (non-hydrogen) atoms. The predicted molar refractivity (Wildman–Crippen MR) is 125 cm³/mol. The molecule has 1 saturated carbocycles. The number of nitrogens with zero attached hydrogens (tertiary/aromatic N) is 3. The molecule has 0 amide bonds. The van der Waals surface area contributed by atoms with Crippen molar-refractivity contribution in [2.45, 2.75) is 64.8 Å². The maximum Gasteiger partial charge on any atom is 0.205 e. The van der Waals surface area contributed by atoms with Crippen LogP contribution in [-0.4, -0.2) is 17.4 Å². The minimum atomic E-state index is -0.191. The van der Waals surface area contributed by atoms with Crippen LogP contribution in [0.15, 0.2) is 53.8 Å². The SMILES string of the molecule is Cc1cc(C(=O)/C(C#N)=C/C=C2/N(C)c3ccccc3C2(C)C)c(C)n1C1CCCC1. The molecule has 1 aliphatic carbocycles. The van der Waals surface area contributed by atoms with Gasteiger partial charge in [0.25, 0.3) is 0 Å². The molecule has 0 spiro atoms. The first kappa shape index (κ1) is 21.2. The van der Waals surface area contributed by atoms with Crippen molar-refractivity contribution >= 4 is 11.5 Å². The lowest BCUT2D eigenvalue weighted by Gasteiger charge is -2.23. The number of hydrogen-bond donors (Lipinski definition) is 0. The maximum atomic E-state index is 13.3. The zero-order valence-electron chi connectivity index (χ0n) is 19.2. The van der Waals surface area contributed by atoms with E-state index in [1.54, 1.807) is 6.08 Å². The summed E-state index contributed by atoms with van der Waals surface area (Å²) in [6.45, 7) is 8.43. The van der Waals surface area contributed by atoms with E-state index in [-0.39, 0.29) is 16.8 Å². The fraction of sp³-hybridized carbons (Fsp3) is 0.407. The first-order valence-electron chi connectivity index (χ1n) is 11.2. The van der Waals surface area contributed by atoms with Crippen LogP contribution in [0.4, 0.5) is 5.69 Å². The van der Waals surface area contributed by atoms with Gasteiger partial charge >= 0.3 is 0 Å². The minimum absolute atomic E-state index is 0.180. The molecule has 1 fully saturated rings. The lowest BCUT2D eigenvalue weighted by atomic mass is 9.83. The molecular weight excluding hydrogens is 382 g/mol. The molecule has 0 unspecified atom stereocenters. The second-order valence-electron chi connectivity index (χ2n) is 9.37. The monoisotopic (exact) mass is 413 g/mol. The van der Waals surface area contributed by atoms with E-state index in [0.29, 0.717) is 11.6 Å². The summed E-state index contributed by atoms with van der Waals surface area (Å²) in [4.78, 5) is 15.4. The normalized spacial score (nSPS) is 19.7. The number of hydrogen-bond acceptors (Lipinski definition) is 3. The smallest absolute Gasteiger partial charge is 0.205 e. The number of Topliss-reactive ketones (excluding diaryl/α,β-unsaturated/α-hetero) is 1. The van der Waals surface area contributed by atoms with Crippen LogP contribution in [0.3, 0.4) is 0 Å². The number of carbonyl (C=O) groups is 1. The van der Waals surface area contributed by atoms with E-state index in [0.717, 1.165) is 22.8 Å². The Kier molecular flexibility index (Phi) is 5.39.